The Morgan fingerprint density at radius 3 is 2.34 bits per heavy atom. The van der Waals surface area contributed by atoms with Gasteiger partial charge in [-0.25, -0.2) is 13.8 Å². The van der Waals surface area contributed by atoms with Gasteiger partial charge >= 0.3 is 0 Å². The molecule has 5 N–H and O–H groups in total. The number of hydrogen-bond acceptors (Lipinski definition) is 17. The third kappa shape index (κ3) is 11.5. The normalized spacial score (nSPS) is 24.6. The van der Waals surface area contributed by atoms with Crippen molar-refractivity contribution in [2.24, 2.45) is 11.8 Å². The molecule has 2 amide bonds. The highest BCUT2D eigenvalue weighted by molar-refractivity contribution is 5.91. The smallest absolute Gasteiger partial charge is 0.243 e. The van der Waals surface area contributed by atoms with Gasteiger partial charge in [0.1, 0.15) is 41.5 Å². The number of pyridine rings is 1. The standard InChI is InChI=1S/C58H70F2N12O7/c1-33(2)55(58(76)71-32-40(73)22-50(71)57(75)64-34(3)45-25-46(59)36(28-61)20-47(45)60)52-27-53(67-79-52)69-18-11-35(12-19-69)29-68-16-13-41(14-17-68)77-42-23-43(24-42)78-54-21-37(10-15-63-54)72-38-8-9-39(72)31-70(30-38)49-26-48(65-66-56(49)62)44-6-4-5-7-51(44)74/h4-7,10,15,20-21,25-27,33-35,38-43,50,55,73-74H,8-9,11-14,16-19,22-24,29-32H2,1-3H3,(H2,62,66)(H,64,75)/t34-,38+,39?,40+,42?,43?,50-,55+/m0/s1. The minimum Gasteiger partial charge on any atom is -0.507 e. The highest BCUT2D eigenvalue weighted by Crippen LogP contribution is 2.41. The van der Waals surface area contributed by atoms with E-state index in [2.05, 4.69) is 57.4 Å². The number of halogens is 2. The number of benzene rings is 2. The number of anilines is 4. The van der Waals surface area contributed by atoms with E-state index < -0.39 is 53.1 Å². The van der Waals surface area contributed by atoms with E-state index in [-0.39, 0.29) is 60.6 Å². The molecule has 8 heterocycles. The number of phenolic OH excluding ortho intramolecular Hbond substituents is 1. The predicted molar refractivity (Wildman–Crippen MR) is 290 cm³/mol. The zero-order valence-corrected chi connectivity index (χ0v) is 45.0. The zero-order chi connectivity index (χ0) is 55.1. The number of nitrogen functional groups attached to an aromatic ring is 1. The molecule has 6 fully saturated rings. The van der Waals surface area contributed by atoms with Gasteiger partial charge in [-0.2, -0.15) is 5.26 Å². The van der Waals surface area contributed by atoms with Crippen LogP contribution in [0.4, 0.5) is 31.8 Å². The van der Waals surface area contributed by atoms with Gasteiger partial charge in [-0.3, -0.25) is 9.59 Å². The highest BCUT2D eigenvalue weighted by Gasteiger charge is 2.45. The molecule has 0 radical (unpaired) electrons. The average molecular weight is 1090 g/mol. The molecular weight excluding hydrogens is 1010 g/mol. The topological polar surface area (TPSA) is 236 Å². The van der Waals surface area contributed by atoms with Crippen LogP contribution in [0.5, 0.6) is 11.6 Å². The fourth-order valence-corrected chi connectivity index (χ4v) is 12.9. The lowest BCUT2D eigenvalue weighted by Gasteiger charge is -2.43. The lowest BCUT2D eigenvalue weighted by molar-refractivity contribution is -0.141. The summed E-state index contributed by atoms with van der Waals surface area (Å²) in [5.41, 5.74) is 8.97. The van der Waals surface area contributed by atoms with E-state index in [1.54, 1.807) is 18.2 Å². The van der Waals surface area contributed by atoms with E-state index in [1.165, 1.54) is 11.8 Å². The molecule has 3 aromatic heterocycles. The lowest BCUT2D eigenvalue weighted by atomic mass is 9.91. The maximum atomic E-state index is 14.8. The first-order chi connectivity index (χ1) is 38.2. The number of amides is 2. The number of nitrogens with one attached hydrogen (secondary N) is 1. The number of piperidine rings is 2. The summed E-state index contributed by atoms with van der Waals surface area (Å²) in [6, 6.07) is 16.9. The summed E-state index contributed by atoms with van der Waals surface area (Å²) in [6.45, 7) is 11.4. The monoisotopic (exact) mass is 1080 g/mol. The average Bonchev–Trinajstić information content (AvgIpc) is 4.24. The molecule has 1 aliphatic carbocycles. The third-order valence-corrected chi connectivity index (χ3v) is 17.2. The Kier molecular flexibility index (Phi) is 15.6. The van der Waals surface area contributed by atoms with Gasteiger partial charge in [0, 0.05) is 119 Å². The fraction of sp³-hybridized carbons (Fsp3) is 0.534. The van der Waals surface area contributed by atoms with Crippen LogP contribution in [0.25, 0.3) is 11.3 Å². The number of nitrogens with zero attached hydrogens (tertiary/aromatic N) is 10. The predicted octanol–water partition coefficient (Wildman–Crippen LogP) is 6.71. The summed E-state index contributed by atoms with van der Waals surface area (Å²) in [6.07, 6.45) is 9.16. The maximum Gasteiger partial charge on any atom is 0.243 e. The summed E-state index contributed by atoms with van der Waals surface area (Å²) >= 11 is 0. The maximum absolute atomic E-state index is 14.8. The molecule has 2 aromatic carbocycles. The van der Waals surface area contributed by atoms with Crippen LogP contribution in [-0.2, 0) is 14.3 Å². The van der Waals surface area contributed by atoms with E-state index in [9.17, 15) is 28.6 Å². The number of β-amino-alcohol motifs (C(OH)–C–C–N with tert-alkyl or cyclic N) is 1. The summed E-state index contributed by atoms with van der Waals surface area (Å²) in [5, 5.41) is 45.8. The molecule has 6 aliphatic rings. The number of fused-ring (bicyclic) bond motifs is 2. The fourth-order valence-electron chi connectivity index (χ4n) is 12.9. The van der Waals surface area contributed by atoms with Gasteiger partial charge in [-0.1, -0.05) is 31.1 Å². The number of para-hydroxylation sites is 1. The molecule has 5 aromatic rings. The number of aromatic hydroxyl groups is 1. The van der Waals surface area contributed by atoms with Crippen molar-refractivity contribution in [2.45, 2.75) is 133 Å². The van der Waals surface area contributed by atoms with Crippen molar-refractivity contribution < 1.29 is 42.6 Å². The molecule has 5 saturated heterocycles. The van der Waals surface area contributed by atoms with E-state index >= 15 is 0 Å². The molecule has 1 saturated carbocycles. The summed E-state index contributed by atoms with van der Waals surface area (Å²) in [7, 11) is 0. The first-order valence-electron chi connectivity index (χ1n) is 28.0. The van der Waals surface area contributed by atoms with Crippen molar-refractivity contribution in [3.63, 3.8) is 0 Å². The summed E-state index contributed by atoms with van der Waals surface area (Å²) in [5.74, 6) is -1.02. The number of aliphatic hydroxyl groups is 1. The Bertz CT molecular complexity index is 3030. The van der Waals surface area contributed by atoms with Gasteiger partial charge < -0.3 is 59.8 Å². The number of nitrogens with two attached hydrogens (primary N) is 1. The molecule has 11 rings (SSSR count). The van der Waals surface area contributed by atoms with Crippen LogP contribution in [0.15, 0.2) is 71.4 Å². The number of nitriles is 1. The van der Waals surface area contributed by atoms with Crippen LogP contribution in [0.1, 0.15) is 107 Å². The molecule has 79 heavy (non-hydrogen) atoms. The van der Waals surface area contributed by atoms with Gasteiger partial charge in [-0.15, -0.1) is 10.2 Å². The van der Waals surface area contributed by atoms with Crippen molar-refractivity contribution in [1.82, 2.24) is 35.5 Å². The molecule has 2 bridgehead atoms. The van der Waals surface area contributed by atoms with Crippen molar-refractivity contribution in [3.8, 4) is 29.0 Å². The first kappa shape index (κ1) is 53.8. The van der Waals surface area contributed by atoms with Crippen LogP contribution in [0.2, 0.25) is 0 Å². The number of ether oxygens (including phenoxy) is 2. The second-order valence-electron chi connectivity index (χ2n) is 22.9. The Morgan fingerprint density at radius 2 is 1.62 bits per heavy atom. The number of aliphatic hydroxyl groups excluding tert-OH is 1. The van der Waals surface area contributed by atoms with Crippen molar-refractivity contribution >= 4 is 34.8 Å². The highest BCUT2D eigenvalue weighted by atomic mass is 19.1. The van der Waals surface area contributed by atoms with Crippen LogP contribution in [-0.4, -0.2) is 147 Å². The van der Waals surface area contributed by atoms with E-state index in [0.717, 1.165) is 121 Å². The van der Waals surface area contributed by atoms with E-state index in [1.807, 2.05) is 44.3 Å². The van der Waals surface area contributed by atoms with Crippen molar-refractivity contribution in [2.75, 3.05) is 72.8 Å². The Labute approximate surface area is 458 Å². The Morgan fingerprint density at radius 1 is 0.873 bits per heavy atom. The van der Waals surface area contributed by atoms with Crippen molar-refractivity contribution in [1.29, 1.82) is 5.26 Å². The number of aromatic nitrogens is 4. The Hall–Kier alpha value is -7.15. The van der Waals surface area contributed by atoms with Gasteiger partial charge in [-0.05, 0) is 93.7 Å². The molecule has 1 unspecified atom stereocenters. The molecule has 0 spiro atoms. The van der Waals surface area contributed by atoms with E-state index in [0.29, 0.717) is 40.5 Å². The second kappa shape index (κ2) is 22.9. The van der Waals surface area contributed by atoms with E-state index in [4.69, 9.17) is 25.0 Å². The number of likely N-dealkylation sites (tertiary alicyclic amines) is 2. The SMILES string of the molecule is CC(C)[C@@H](C(=O)N1C[C@H](O)C[C@H]1C(=O)N[C@@H](C)c1cc(F)c(C#N)cc1F)c1cc(N2CCC(CN3CCC(OC4CC(Oc5cc(N6C7CC[C@@H]6CN(c6cc(-c8ccccc8O)nnc6N)C7)ccn5)C4)CC3)CC2)no1. The number of rotatable bonds is 16. The zero-order valence-electron chi connectivity index (χ0n) is 45.0. The van der Waals surface area contributed by atoms with Gasteiger partial charge in [0.2, 0.25) is 17.7 Å². The number of carbonyl (C=O) groups excluding carboxylic acids is 2. The molecule has 21 heteroatoms. The van der Waals surface area contributed by atoms with Crippen LogP contribution in [0, 0.1) is 34.8 Å². The molecular formula is C58H70F2N12O7. The van der Waals surface area contributed by atoms with Gasteiger partial charge in [0.05, 0.1) is 41.3 Å². The number of hydrogen-bond donors (Lipinski definition) is 4. The minimum atomic E-state index is -1.05. The molecule has 19 nitrogen and oxygen atoms in total. The Balaban J connectivity index is 0.603. The van der Waals surface area contributed by atoms with Crippen LogP contribution >= 0.6 is 0 Å². The number of piperazine rings is 1. The van der Waals surface area contributed by atoms with Crippen molar-refractivity contribution in [3.05, 3.63) is 95.4 Å². The van der Waals surface area contributed by atoms with Gasteiger partial charge in [0.25, 0.3) is 0 Å². The number of carbonyl (C=O) groups is 2. The quantitative estimate of drug-likeness (QED) is 0.0804. The third-order valence-electron chi connectivity index (χ3n) is 17.2. The molecule has 418 valence electrons. The minimum absolute atomic E-state index is 0.0200. The second-order valence-corrected chi connectivity index (χ2v) is 22.9. The summed E-state index contributed by atoms with van der Waals surface area (Å²) < 4.78 is 48.1. The van der Waals surface area contributed by atoms with Crippen LogP contribution < -0.4 is 30.5 Å². The largest absolute Gasteiger partial charge is 0.507 e. The lowest BCUT2D eigenvalue weighted by Crippen LogP contribution is -2.54. The number of phenols is 1. The summed E-state index contributed by atoms with van der Waals surface area (Å²) in [4.78, 5) is 43.4. The first-order valence-corrected chi connectivity index (χ1v) is 28.0. The van der Waals surface area contributed by atoms with Crippen LogP contribution in [0.3, 0.4) is 0 Å². The van der Waals surface area contributed by atoms with Gasteiger partial charge in [0.15, 0.2) is 17.4 Å². The molecule has 5 aliphatic heterocycles. The molecule has 6 atom stereocenters.